The van der Waals surface area contributed by atoms with E-state index in [9.17, 15) is 4.79 Å². The van der Waals surface area contributed by atoms with Crippen molar-refractivity contribution in [2.45, 2.75) is 33.1 Å². The number of carbonyl (C=O) groups excluding carboxylic acids is 1. The van der Waals surface area contributed by atoms with Crippen molar-refractivity contribution in [3.05, 3.63) is 65.5 Å². The molecule has 4 nitrogen and oxygen atoms in total. The highest BCUT2D eigenvalue weighted by atomic mass is 16.2. The fourth-order valence-electron chi connectivity index (χ4n) is 2.78. The Kier molecular flexibility index (Phi) is 6.79. The third-order valence-corrected chi connectivity index (χ3v) is 4.30. The predicted octanol–water partition coefficient (Wildman–Crippen LogP) is 3.77. The predicted molar refractivity (Wildman–Crippen MR) is 98.2 cm³/mol. The third-order valence-electron chi connectivity index (χ3n) is 4.30. The first-order chi connectivity index (χ1) is 11.6. The molecule has 2 rings (SSSR count). The highest BCUT2D eigenvalue weighted by Gasteiger charge is 2.16. The fraction of sp³-hybridized carbons (Fsp3) is 0.400. The van der Waals surface area contributed by atoms with Crippen LogP contribution in [0.5, 0.6) is 0 Å². The second kappa shape index (κ2) is 9.06. The van der Waals surface area contributed by atoms with Crippen LogP contribution in [0, 0.1) is 6.92 Å². The average Bonchev–Trinajstić information content (AvgIpc) is 2.61. The summed E-state index contributed by atoms with van der Waals surface area (Å²) in [6, 6.07) is 12.6. The lowest BCUT2D eigenvalue weighted by atomic mass is 9.92. The molecule has 1 unspecified atom stereocenters. The first kappa shape index (κ1) is 18.0. The van der Waals surface area contributed by atoms with Gasteiger partial charge < -0.3 is 10.2 Å². The molecular weight excluding hydrogens is 298 g/mol. The molecule has 0 aliphatic heterocycles. The van der Waals surface area contributed by atoms with Crippen molar-refractivity contribution in [3.63, 3.8) is 0 Å². The van der Waals surface area contributed by atoms with Crippen molar-refractivity contribution in [1.29, 1.82) is 0 Å². The number of benzene rings is 1. The summed E-state index contributed by atoms with van der Waals surface area (Å²) in [4.78, 5) is 18.3. The van der Waals surface area contributed by atoms with Crippen molar-refractivity contribution in [2.75, 3.05) is 19.6 Å². The van der Waals surface area contributed by atoms with Gasteiger partial charge in [0.25, 0.3) is 0 Å². The van der Waals surface area contributed by atoms with Gasteiger partial charge in [0.05, 0.1) is 0 Å². The molecule has 24 heavy (non-hydrogen) atoms. The van der Waals surface area contributed by atoms with Crippen LogP contribution in [0.25, 0.3) is 0 Å². The van der Waals surface area contributed by atoms with Crippen LogP contribution in [0.15, 0.2) is 48.8 Å². The molecular formula is C20H27N3O. The molecule has 0 saturated carbocycles. The second-order valence-corrected chi connectivity index (χ2v) is 6.03. The minimum absolute atomic E-state index is 0.00305. The molecule has 1 aromatic carbocycles. The number of aromatic nitrogens is 1. The van der Waals surface area contributed by atoms with Crippen LogP contribution in [-0.2, 0) is 6.42 Å². The van der Waals surface area contributed by atoms with E-state index in [0.29, 0.717) is 6.54 Å². The molecule has 1 heterocycles. The largest absolute Gasteiger partial charge is 0.337 e. The van der Waals surface area contributed by atoms with E-state index in [0.717, 1.165) is 19.5 Å². The zero-order valence-corrected chi connectivity index (χ0v) is 14.8. The highest BCUT2D eigenvalue weighted by molar-refractivity contribution is 5.74. The molecule has 0 aliphatic rings. The molecule has 2 aromatic rings. The van der Waals surface area contributed by atoms with E-state index < -0.39 is 0 Å². The van der Waals surface area contributed by atoms with Gasteiger partial charge in [0.15, 0.2) is 0 Å². The molecule has 4 heteroatoms. The van der Waals surface area contributed by atoms with Crippen molar-refractivity contribution >= 4 is 6.03 Å². The van der Waals surface area contributed by atoms with Crippen molar-refractivity contribution < 1.29 is 4.79 Å². The number of hydrogen-bond donors (Lipinski definition) is 1. The van der Waals surface area contributed by atoms with Crippen LogP contribution >= 0.6 is 0 Å². The molecule has 0 radical (unpaired) electrons. The minimum atomic E-state index is 0.00305. The number of urea groups is 1. The lowest BCUT2D eigenvalue weighted by molar-refractivity contribution is 0.202. The molecule has 1 aromatic heterocycles. The Balaban J connectivity index is 2.10. The smallest absolute Gasteiger partial charge is 0.317 e. The van der Waals surface area contributed by atoms with Gasteiger partial charge in [0.2, 0.25) is 0 Å². The van der Waals surface area contributed by atoms with Gasteiger partial charge in [0, 0.05) is 37.9 Å². The van der Waals surface area contributed by atoms with Crippen LogP contribution in [0.4, 0.5) is 4.79 Å². The van der Waals surface area contributed by atoms with Crippen LogP contribution in [0.2, 0.25) is 0 Å². The summed E-state index contributed by atoms with van der Waals surface area (Å²) in [6.07, 6.45) is 4.54. The van der Waals surface area contributed by atoms with Gasteiger partial charge in [-0.1, -0.05) is 35.9 Å². The third kappa shape index (κ3) is 5.08. The molecule has 0 bridgehead atoms. The van der Waals surface area contributed by atoms with Gasteiger partial charge in [0.1, 0.15) is 0 Å². The highest BCUT2D eigenvalue weighted by Crippen LogP contribution is 2.21. The van der Waals surface area contributed by atoms with Gasteiger partial charge in [-0.25, -0.2) is 4.79 Å². The van der Waals surface area contributed by atoms with Crippen LogP contribution in [0.1, 0.15) is 36.5 Å². The maximum Gasteiger partial charge on any atom is 0.317 e. The van der Waals surface area contributed by atoms with E-state index in [4.69, 9.17) is 0 Å². The molecule has 1 N–H and O–H groups in total. The first-order valence-electron chi connectivity index (χ1n) is 8.62. The van der Waals surface area contributed by atoms with Gasteiger partial charge in [-0.3, -0.25) is 4.98 Å². The van der Waals surface area contributed by atoms with Crippen LogP contribution < -0.4 is 5.32 Å². The van der Waals surface area contributed by atoms with Crippen LogP contribution in [0.3, 0.4) is 0 Å². The van der Waals surface area contributed by atoms with Crippen molar-refractivity contribution in [3.8, 4) is 0 Å². The van der Waals surface area contributed by atoms with Crippen molar-refractivity contribution in [1.82, 2.24) is 15.2 Å². The summed E-state index contributed by atoms with van der Waals surface area (Å²) < 4.78 is 0. The summed E-state index contributed by atoms with van der Waals surface area (Å²) in [6.45, 7) is 8.14. The lowest BCUT2D eigenvalue weighted by Crippen LogP contribution is -2.41. The summed E-state index contributed by atoms with van der Waals surface area (Å²) in [5.74, 6) is 0.231. The number of amides is 2. The standard InChI is InChI=1S/C20H27N3O/c1-4-23(5-2)20(24)22-15-19(13-17-7-6-12-21-14-17)18-10-8-16(3)9-11-18/h6-12,14,19H,4-5,13,15H2,1-3H3,(H,22,24). The van der Waals surface area contributed by atoms with E-state index in [-0.39, 0.29) is 11.9 Å². The van der Waals surface area contributed by atoms with E-state index >= 15 is 0 Å². The Hall–Kier alpha value is -2.36. The maximum atomic E-state index is 12.3. The number of rotatable bonds is 7. The summed E-state index contributed by atoms with van der Waals surface area (Å²) in [5.41, 5.74) is 3.66. The van der Waals surface area contributed by atoms with Gasteiger partial charge >= 0.3 is 6.03 Å². The van der Waals surface area contributed by atoms with Crippen LogP contribution in [-0.4, -0.2) is 35.5 Å². The molecule has 0 spiro atoms. The molecule has 128 valence electrons. The number of nitrogens with zero attached hydrogens (tertiary/aromatic N) is 2. The maximum absolute atomic E-state index is 12.3. The summed E-state index contributed by atoms with van der Waals surface area (Å²) in [5, 5.41) is 3.08. The lowest BCUT2D eigenvalue weighted by Gasteiger charge is -2.23. The summed E-state index contributed by atoms with van der Waals surface area (Å²) >= 11 is 0. The monoisotopic (exact) mass is 325 g/mol. The Morgan fingerprint density at radius 3 is 2.46 bits per heavy atom. The Morgan fingerprint density at radius 2 is 1.88 bits per heavy atom. The Labute approximate surface area is 144 Å². The fourth-order valence-corrected chi connectivity index (χ4v) is 2.78. The Morgan fingerprint density at radius 1 is 1.17 bits per heavy atom. The normalized spacial score (nSPS) is 11.8. The molecule has 0 aliphatic carbocycles. The van der Waals surface area contributed by atoms with E-state index in [1.54, 1.807) is 11.1 Å². The number of hydrogen-bond acceptors (Lipinski definition) is 2. The van der Waals surface area contributed by atoms with Crippen molar-refractivity contribution in [2.24, 2.45) is 0 Å². The van der Waals surface area contributed by atoms with E-state index in [1.807, 2.05) is 26.1 Å². The molecule has 2 amide bonds. The summed E-state index contributed by atoms with van der Waals surface area (Å²) in [7, 11) is 0. The Bertz CT molecular complexity index is 621. The topological polar surface area (TPSA) is 45.2 Å². The quantitative estimate of drug-likeness (QED) is 0.842. The number of nitrogens with one attached hydrogen (secondary N) is 1. The number of aryl methyl sites for hydroxylation is 1. The van der Waals surface area contributed by atoms with E-state index in [2.05, 4.69) is 47.6 Å². The number of pyridine rings is 1. The van der Waals surface area contributed by atoms with E-state index in [1.165, 1.54) is 16.7 Å². The zero-order chi connectivity index (χ0) is 17.4. The van der Waals surface area contributed by atoms with Gasteiger partial charge in [-0.05, 0) is 44.4 Å². The number of carbonyl (C=O) groups is 1. The SMILES string of the molecule is CCN(CC)C(=O)NCC(Cc1cccnc1)c1ccc(C)cc1. The average molecular weight is 325 g/mol. The minimum Gasteiger partial charge on any atom is -0.337 e. The van der Waals surface area contributed by atoms with Gasteiger partial charge in [-0.2, -0.15) is 0 Å². The first-order valence-corrected chi connectivity index (χ1v) is 8.62. The molecule has 1 atom stereocenters. The molecule has 0 fully saturated rings. The second-order valence-electron chi connectivity index (χ2n) is 6.03. The zero-order valence-electron chi connectivity index (χ0n) is 14.8. The molecule has 0 saturated heterocycles. The van der Waals surface area contributed by atoms with Gasteiger partial charge in [-0.15, -0.1) is 0 Å².